The third-order valence-electron chi connectivity index (χ3n) is 2.25. The van der Waals surface area contributed by atoms with E-state index in [0.717, 1.165) is 24.0 Å². The summed E-state index contributed by atoms with van der Waals surface area (Å²) in [6.07, 6.45) is 3.62. The second-order valence-corrected chi connectivity index (χ2v) is 2.90. The van der Waals surface area contributed by atoms with Crippen molar-refractivity contribution in [2.75, 3.05) is 0 Å². The molecular formula is C8H9LiO2. The van der Waals surface area contributed by atoms with E-state index >= 15 is 0 Å². The molecule has 2 nitrogen and oxygen atoms in total. The van der Waals surface area contributed by atoms with Gasteiger partial charge in [0, 0.05) is 0 Å². The predicted molar refractivity (Wildman–Crippen MR) is 34.9 cm³/mol. The van der Waals surface area contributed by atoms with Crippen LogP contribution in [0.15, 0.2) is 10.7 Å². The molecule has 0 fully saturated rings. The fourth-order valence-electron chi connectivity index (χ4n) is 1.55. The van der Waals surface area contributed by atoms with Gasteiger partial charge in [-0.1, -0.05) is 6.92 Å². The Morgan fingerprint density at radius 1 is 1.64 bits per heavy atom. The second-order valence-electron chi connectivity index (χ2n) is 2.90. The van der Waals surface area contributed by atoms with E-state index in [2.05, 4.69) is 6.92 Å². The summed E-state index contributed by atoms with van der Waals surface area (Å²) in [6, 6.07) is 0. The minimum Gasteiger partial charge on any atom is -0.587 e. The summed E-state index contributed by atoms with van der Waals surface area (Å²) in [5.74, 6) is 0.404. The molecule has 0 saturated carbocycles. The van der Waals surface area contributed by atoms with E-state index in [9.17, 15) is 5.11 Å². The Morgan fingerprint density at radius 2 is 2.36 bits per heavy atom. The van der Waals surface area contributed by atoms with Crippen molar-refractivity contribution in [3.63, 3.8) is 0 Å². The number of fused-ring (bicyclic) bond motifs is 1. The fraction of sp³-hybridized carbons (Fsp3) is 0.500. The third kappa shape index (κ3) is 1.21. The van der Waals surface area contributed by atoms with Crippen molar-refractivity contribution >= 4 is 0 Å². The van der Waals surface area contributed by atoms with E-state index in [0.29, 0.717) is 5.92 Å². The second kappa shape index (κ2) is 2.96. The van der Waals surface area contributed by atoms with Crippen molar-refractivity contribution < 1.29 is 28.4 Å². The zero-order valence-corrected chi connectivity index (χ0v) is 6.89. The molecule has 0 radical (unpaired) electrons. The van der Waals surface area contributed by atoms with Crippen LogP contribution in [0.3, 0.4) is 0 Å². The van der Waals surface area contributed by atoms with E-state index in [4.69, 9.17) is 4.42 Å². The van der Waals surface area contributed by atoms with Crippen molar-refractivity contribution in [1.82, 2.24) is 0 Å². The Labute approximate surface area is 77.8 Å². The molecule has 1 aromatic rings. The van der Waals surface area contributed by atoms with E-state index in [1.54, 1.807) is 6.26 Å². The predicted octanol–water partition coefficient (Wildman–Crippen LogP) is -1.59. The van der Waals surface area contributed by atoms with Crippen LogP contribution in [0.25, 0.3) is 0 Å². The van der Waals surface area contributed by atoms with Crippen molar-refractivity contribution in [3.05, 3.63) is 17.4 Å². The molecule has 0 aromatic carbocycles. The normalized spacial score (nSPS) is 21.0. The first-order valence-electron chi connectivity index (χ1n) is 3.56. The topological polar surface area (TPSA) is 36.2 Å². The van der Waals surface area contributed by atoms with Crippen LogP contribution >= 0.6 is 0 Å². The van der Waals surface area contributed by atoms with Gasteiger partial charge in [0.05, 0.1) is 5.95 Å². The van der Waals surface area contributed by atoms with Crippen LogP contribution in [0.1, 0.15) is 30.4 Å². The monoisotopic (exact) mass is 144 g/mol. The van der Waals surface area contributed by atoms with E-state index in [1.807, 2.05) is 0 Å². The molecule has 1 aliphatic rings. The van der Waals surface area contributed by atoms with Crippen LogP contribution in [-0.4, -0.2) is 0 Å². The summed E-state index contributed by atoms with van der Waals surface area (Å²) in [4.78, 5) is 0. The van der Waals surface area contributed by atoms with Crippen molar-refractivity contribution in [3.8, 4) is 5.95 Å². The minimum absolute atomic E-state index is 0. The average molecular weight is 144 g/mol. The molecule has 1 heterocycles. The molecule has 1 aliphatic carbocycles. The summed E-state index contributed by atoms with van der Waals surface area (Å²) in [5.41, 5.74) is 2.04. The van der Waals surface area contributed by atoms with Gasteiger partial charge in [0.2, 0.25) is 0 Å². The van der Waals surface area contributed by atoms with E-state index in [-0.39, 0.29) is 24.8 Å². The maximum absolute atomic E-state index is 10.9. The van der Waals surface area contributed by atoms with Gasteiger partial charge in [-0.05, 0) is 36.1 Å². The summed E-state index contributed by atoms with van der Waals surface area (Å²) < 4.78 is 4.75. The minimum atomic E-state index is -0.126. The zero-order chi connectivity index (χ0) is 7.14. The summed E-state index contributed by atoms with van der Waals surface area (Å²) in [6.45, 7) is 2.13. The first-order chi connectivity index (χ1) is 4.79. The van der Waals surface area contributed by atoms with Gasteiger partial charge < -0.3 is 9.52 Å². The van der Waals surface area contributed by atoms with Gasteiger partial charge in [0.15, 0.2) is 0 Å². The summed E-state index contributed by atoms with van der Waals surface area (Å²) in [5, 5.41) is 10.9. The molecule has 0 unspecified atom stereocenters. The molecule has 11 heavy (non-hydrogen) atoms. The van der Waals surface area contributed by atoms with Crippen LogP contribution in [0, 0.1) is 0 Å². The molecule has 1 aromatic heterocycles. The standard InChI is InChI=1S/C8H10O2.Li/c1-5-2-3-6-7(5)4-10-8(6)9;/h4-5,9H,2-3H2,1H3;/q;+1/p-1/t5-;/m1./s1. The molecule has 54 valence electrons. The van der Waals surface area contributed by atoms with Crippen LogP contribution in [-0.2, 0) is 6.42 Å². The number of rotatable bonds is 0. The Kier molecular flexibility index (Phi) is 2.36. The van der Waals surface area contributed by atoms with Crippen molar-refractivity contribution in [1.29, 1.82) is 0 Å². The fourth-order valence-corrected chi connectivity index (χ4v) is 1.55. The van der Waals surface area contributed by atoms with Gasteiger partial charge in [-0.15, -0.1) is 0 Å². The third-order valence-corrected chi connectivity index (χ3v) is 2.25. The molecule has 2 rings (SSSR count). The molecule has 0 amide bonds. The van der Waals surface area contributed by atoms with E-state index < -0.39 is 0 Å². The van der Waals surface area contributed by atoms with Gasteiger partial charge in [-0.3, -0.25) is 0 Å². The summed E-state index contributed by atoms with van der Waals surface area (Å²) >= 11 is 0. The van der Waals surface area contributed by atoms with Gasteiger partial charge >= 0.3 is 18.9 Å². The van der Waals surface area contributed by atoms with Crippen LogP contribution in [0.5, 0.6) is 5.95 Å². The molecule has 0 spiro atoms. The molecule has 3 heteroatoms. The van der Waals surface area contributed by atoms with Crippen LogP contribution < -0.4 is 24.0 Å². The Morgan fingerprint density at radius 3 is 3.00 bits per heavy atom. The first-order valence-corrected chi connectivity index (χ1v) is 3.56. The summed E-state index contributed by atoms with van der Waals surface area (Å²) in [7, 11) is 0. The van der Waals surface area contributed by atoms with Gasteiger partial charge in [0.1, 0.15) is 0 Å². The maximum Gasteiger partial charge on any atom is 1.00 e. The number of furan rings is 1. The molecule has 0 aliphatic heterocycles. The van der Waals surface area contributed by atoms with Crippen LogP contribution in [0.2, 0.25) is 0 Å². The zero-order valence-electron chi connectivity index (χ0n) is 6.89. The van der Waals surface area contributed by atoms with Crippen molar-refractivity contribution in [2.45, 2.75) is 25.7 Å². The van der Waals surface area contributed by atoms with E-state index in [1.165, 1.54) is 0 Å². The Balaban J connectivity index is 0.000000605. The molecule has 0 bridgehead atoms. The van der Waals surface area contributed by atoms with Crippen molar-refractivity contribution in [2.24, 2.45) is 0 Å². The molecule has 0 N–H and O–H groups in total. The van der Waals surface area contributed by atoms with Crippen LogP contribution in [0.4, 0.5) is 0 Å². The SMILES string of the molecule is C[C@@H]1CCc2c1coc2[O-].[Li+]. The maximum atomic E-state index is 10.9. The smallest absolute Gasteiger partial charge is 0.587 e. The largest absolute Gasteiger partial charge is 1.00 e. The van der Waals surface area contributed by atoms with Gasteiger partial charge in [-0.2, -0.15) is 0 Å². The average Bonchev–Trinajstić information content (AvgIpc) is 2.41. The van der Waals surface area contributed by atoms with Gasteiger partial charge in [0.25, 0.3) is 0 Å². The number of hydrogen-bond donors (Lipinski definition) is 0. The quantitative estimate of drug-likeness (QED) is 0.411. The molecule has 1 atom stereocenters. The number of hydrogen-bond acceptors (Lipinski definition) is 2. The Hall–Kier alpha value is -0.323. The molecular weight excluding hydrogens is 135 g/mol. The first kappa shape index (κ1) is 8.77. The molecule has 0 saturated heterocycles. The Bertz CT molecular complexity index is 255. The van der Waals surface area contributed by atoms with Gasteiger partial charge in [-0.25, -0.2) is 0 Å².